The zero-order valence-corrected chi connectivity index (χ0v) is 11.5. The van der Waals surface area contributed by atoms with Gasteiger partial charge in [0.15, 0.2) is 0 Å². The second-order valence-electron chi connectivity index (χ2n) is 3.83. The SMILES string of the molecule is Cc1ncc(C(=O)Nc2ccc(CCCl)cc2)s1. The van der Waals surface area contributed by atoms with E-state index in [0.29, 0.717) is 10.8 Å². The summed E-state index contributed by atoms with van der Waals surface area (Å²) in [4.78, 5) is 16.6. The summed E-state index contributed by atoms with van der Waals surface area (Å²) in [6.45, 7) is 1.88. The largest absolute Gasteiger partial charge is 0.321 e. The number of carbonyl (C=O) groups excluding carboxylic acids is 1. The quantitative estimate of drug-likeness (QED) is 0.871. The monoisotopic (exact) mass is 280 g/mol. The van der Waals surface area contributed by atoms with Gasteiger partial charge in [0.25, 0.3) is 5.91 Å². The number of nitrogens with zero attached hydrogens (tertiary/aromatic N) is 1. The summed E-state index contributed by atoms with van der Waals surface area (Å²) in [5, 5.41) is 3.73. The minimum Gasteiger partial charge on any atom is -0.321 e. The van der Waals surface area contributed by atoms with E-state index >= 15 is 0 Å². The van der Waals surface area contributed by atoms with E-state index in [1.165, 1.54) is 11.3 Å². The number of rotatable bonds is 4. The van der Waals surface area contributed by atoms with Gasteiger partial charge in [-0.25, -0.2) is 4.98 Å². The van der Waals surface area contributed by atoms with Crippen LogP contribution in [-0.4, -0.2) is 16.8 Å². The molecule has 0 spiro atoms. The van der Waals surface area contributed by atoms with Gasteiger partial charge in [-0.15, -0.1) is 22.9 Å². The lowest BCUT2D eigenvalue weighted by Crippen LogP contribution is -2.10. The number of halogens is 1. The molecule has 0 saturated heterocycles. The van der Waals surface area contributed by atoms with Crippen LogP contribution < -0.4 is 5.32 Å². The first kappa shape index (κ1) is 13.1. The normalized spacial score (nSPS) is 10.3. The van der Waals surface area contributed by atoms with Crippen molar-refractivity contribution in [1.82, 2.24) is 4.98 Å². The number of benzene rings is 1. The van der Waals surface area contributed by atoms with Crippen LogP contribution in [0, 0.1) is 6.92 Å². The van der Waals surface area contributed by atoms with Crippen LogP contribution >= 0.6 is 22.9 Å². The summed E-state index contributed by atoms with van der Waals surface area (Å²) in [5.41, 5.74) is 1.95. The Hall–Kier alpha value is -1.39. The summed E-state index contributed by atoms with van der Waals surface area (Å²) in [6.07, 6.45) is 2.43. The first-order valence-corrected chi connectivity index (χ1v) is 6.93. The molecule has 1 aromatic carbocycles. The Morgan fingerprint density at radius 1 is 1.39 bits per heavy atom. The van der Waals surface area contributed by atoms with Gasteiger partial charge in [0.05, 0.1) is 11.2 Å². The van der Waals surface area contributed by atoms with E-state index in [9.17, 15) is 4.79 Å². The van der Waals surface area contributed by atoms with Crippen LogP contribution in [0.15, 0.2) is 30.5 Å². The van der Waals surface area contributed by atoms with E-state index in [1.54, 1.807) is 6.20 Å². The molecule has 3 nitrogen and oxygen atoms in total. The molecule has 0 aliphatic carbocycles. The van der Waals surface area contributed by atoms with E-state index < -0.39 is 0 Å². The molecule has 0 aliphatic heterocycles. The zero-order chi connectivity index (χ0) is 13.0. The predicted octanol–water partition coefficient (Wildman–Crippen LogP) is 3.49. The molecule has 2 rings (SSSR count). The fraction of sp³-hybridized carbons (Fsp3) is 0.231. The number of nitrogens with one attached hydrogen (secondary N) is 1. The molecule has 18 heavy (non-hydrogen) atoms. The molecule has 0 radical (unpaired) electrons. The Bertz CT molecular complexity index is 536. The minimum atomic E-state index is -0.120. The minimum absolute atomic E-state index is 0.120. The molecule has 5 heteroatoms. The number of thiazole rings is 1. The third-order valence-electron chi connectivity index (χ3n) is 2.44. The van der Waals surface area contributed by atoms with Gasteiger partial charge in [0.2, 0.25) is 0 Å². The molecule has 2 aromatic rings. The van der Waals surface area contributed by atoms with Crippen LogP contribution in [0.1, 0.15) is 20.2 Å². The van der Waals surface area contributed by atoms with Crippen LogP contribution in [0.4, 0.5) is 5.69 Å². The van der Waals surface area contributed by atoms with Crippen molar-refractivity contribution in [3.05, 3.63) is 45.9 Å². The fourth-order valence-corrected chi connectivity index (χ4v) is 2.41. The van der Waals surface area contributed by atoms with E-state index in [1.807, 2.05) is 31.2 Å². The van der Waals surface area contributed by atoms with Crippen LogP contribution in [0.5, 0.6) is 0 Å². The Balaban J connectivity index is 2.03. The number of aromatic nitrogens is 1. The number of carbonyl (C=O) groups is 1. The van der Waals surface area contributed by atoms with Gasteiger partial charge in [0, 0.05) is 11.6 Å². The van der Waals surface area contributed by atoms with Crippen LogP contribution in [-0.2, 0) is 6.42 Å². The highest BCUT2D eigenvalue weighted by Gasteiger charge is 2.08. The van der Waals surface area contributed by atoms with Crippen molar-refractivity contribution < 1.29 is 4.79 Å². The van der Waals surface area contributed by atoms with E-state index in [-0.39, 0.29) is 5.91 Å². The molecule has 0 aliphatic rings. The Morgan fingerprint density at radius 3 is 2.67 bits per heavy atom. The lowest BCUT2D eigenvalue weighted by atomic mass is 10.1. The van der Waals surface area contributed by atoms with Gasteiger partial charge in [0.1, 0.15) is 4.88 Å². The van der Waals surface area contributed by atoms with Gasteiger partial charge in [-0.2, -0.15) is 0 Å². The van der Waals surface area contributed by atoms with Gasteiger partial charge in [-0.05, 0) is 31.0 Å². The Kier molecular flexibility index (Phi) is 4.33. The first-order chi connectivity index (χ1) is 8.69. The summed E-state index contributed by atoms with van der Waals surface area (Å²) >= 11 is 7.05. The van der Waals surface area contributed by atoms with E-state index in [0.717, 1.165) is 22.7 Å². The van der Waals surface area contributed by atoms with Gasteiger partial charge in [-0.3, -0.25) is 4.79 Å². The fourth-order valence-electron chi connectivity index (χ4n) is 1.52. The lowest BCUT2D eigenvalue weighted by molar-refractivity contribution is 0.103. The molecule has 1 amide bonds. The average Bonchev–Trinajstić information content (AvgIpc) is 2.79. The molecule has 1 N–H and O–H groups in total. The van der Waals surface area contributed by atoms with E-state index in [2.05, 4.69) is 10.3 Å². The first-order valence-electron chi connectivity index (χ1n) is 5.58. The van der Waals surface area contributed by atoms with E-state index in [4.69, 9.17) is 11.6 Å². The zero-order valence-electron chi connectivity index (χ0n) is 9.94. The molecule has 0 fully saturated rings. The number of amides is 1. The summed E-state index contributed by atoms with van der Waals surface area (Å²) in [6, 6.07) is 7.70. The molecular formula is C13H13ClN2OS. The van der Waals surface area contributed by atoms with Crippen LogP contribution in [0.2, 0.25) is 0 Å². The van der Waals surface area contributed by atoms with Gasteiger partial charge < -0.3 is 5.32 Å². The van der Waals surface area contributed by atoms with Crippen molar-refractivity contribution in [1.29, 1.82) is 0 Å². The maximum Gasteiger partial charge on any atom is 0.267 e. The predicted molar refractivity (Wildman–Crippen MR) is 75.7 cm³/mol. The molecule has 0 unspecified atom stereocenters. The molecule has 0 bridgehead atoms. The molecule has 94 valence electrons. The smallest absolute Gasteiger partial charge is 0.267 e. The van der Waals surface area contributed by atoms with Gasteiger partial charge >= 0.3 is 0 Å². The number of hydrogen-bond acceptors (Lipinski definition) is 3. The highest BCUT2D eigenvalue weighted by molar-refractivity contribution is 7.13. The Labute approximate surface area is 115 Å². The van der Waals surface area contributed by atoms with Crippen LogP contribution in [0.3, 0.4) is 0 Å². The summed E-state index contributed by atoms with van der Waals surface area (Å²) < 4.78 is 0. The third kappa shape index (κ3) is 3.31. The number of hydrogen-bond donors (Lipinski definition) is 1. The number of aryl methyl sites for hydroxylation is 2. The van der Waals surface area contributed by atoms with Gasteiger partial charge in [-0.1, -0.05) is 12.1 Å². The molecule has 1 heterocycles. The number of anilines is 1. The van der Waals surface area contributed by atoms with Crippen molar-refractivity contribution in [3.63, 3.8) is 0 Å². The second kappa shape index (κ2) is 5.98. The van der Waals surface area contributed by atoms with Crippen molar-refractivity contribution in [2.24, 2.45) is 0 Å². The maximum atomic E-state index is 11.9. The molecule has 1 aromatic heterocycles. The van der Waals surface area contributed by atoms with Crippen molar-refractivity contribution >= 4 is 34.5 Å². The van der Waals surface area contributed by atoms with Crippen molar-refractivity contribution in [2.45, 2.75) is 13.3 Å². The lowest BCUT2D eigenvalue weighted by Gasteiger charge is -2.04. The number of alkyl halides is 1. The summed E-state index contributed by atoms with van der Waals surface area (Å²) in [5.74, 6) is 0.483. The topological polar surface area (TPSA) is 42.0 Å². The van der Waals surface area contributed by atoms with Crippen molar-refractivity contribution in [3.8, 4) is 0 Å². The second-order valence-corrected chi connectivity index (χ2v) is 5.45. The molecule has 0 atom stereocenters. The highest BCUT2D eigenvalue weighted by atomic mass is 35.5. The van der Waals surface area contributed by atoms with Crippen LogP contribution in [0.25, 0.3) is 0 Å². The standard InChI is InChI=1S/C13H13ClN2OS/c1-9-15-8-12(18-9)13(17)16-11-4-2-10(3-5-11)6-7-14/h2-5,8H,6-7H2,1H3,(H,16,17). The maximum absolute atomic E-state index is 11.9. The Morgan fingerprint density at radius 2 is 2.11 bits per heavy atom. The summed E-state index contributed by atoms with van der Waals surface area (Å²) in [7, 11) is 0. The average molecular weight is 281 g/mol. The molecular weight excluding hydrogens is 268 g/mol. The third-order valence-corrected chi connectivity index (χ3v) is 3.54. The van der Waals surface area contributed by atoms with Crippen molar-refractivity contribution in [2.75, 3.05) is 11.2 Å². The molecule has 0 saturated carbocycles. The highest BCUT2D eigenvalue weighted by Crippen LogP contribution is 2.15.